The quantitative estimate of drug-likeness (QED) is 0.235. The molecule has 1 aliphatic carbocycles. The predicted octanol–water partition coefficient (Wildman–Crippen LogP) is 6.11. The highest BCUT2D eigenvalue weighted by molar-refractivity contribution is 5.88. The zero-order chi connectivity index (χ0) is 29.3. The number of nitrogen functional groups attached to an aromatic ring is 1. The summed E-state index contributed by atoms with van der Waals surface area (Å²) in [5, 5.41) is 0. The lowest BCUT2D eigenvalue weighted by Crippen LogP contribution is -2.47. The second kappa shape index (κ2) is 11.6. The number of carbonyl (C=O) groups is 1. The topological polar surface area (TPSA) is 99.2 Å². The van der Waals surface area contributed by atoms with E-state index in [1.807, 2.05) is 42.6 Å². The van der Waals surface area contributed by atoms with Crippen LogP contribution in [0.25, 0.3) is 39.4 Å². The van der Waals surface area contributed by atoms with Crippen LogP contribution in [0.4, 0.5) is 5.82 Å². The van der Waals surface area contributed by atoms with Gasteiger partial charge in [-0.2, -0.15) is 0 Å². The fourth-order valence-electron chi connectivity index (χ4n) is 6.75. The summed E-state index contributed by atoms with van der Waals surface area (Å²) < 4.78 is 7.12. The van der Waals surface area contributed by atoms with Gasteiger partial charge in [-0.3, -0.25) is 14.3 Å². The van der Waals surface area contributed by atoms with Crippen molar-refractivity contribution in [3.63, 3.8) is 0 Å². The standard InChI is InChI=1S/C35H36N6O2/c1-43-35(42)25-9-7-23(8-10-25)20-40-21-27(22-40)24-11-14-28(15-12-24)41-32-19-26(30-6-2-3-17-37-30)13-16-31(32)39-34(41)29-5-4-18-38-33(29)36/h2-6,11-19,23,25,27H,7-10,20-22H2,1H3,(H2,36,38). The molecule has 0 spiro atoms. The number of anilines is 1. The van der Waals surface area contributed by atoms with E-state index < -0.39 is 0 Å². The highest BCUT2D eigenvalue weighted by Gasteiger charge is 2.33. The first kappa shape index (κ1) is 27.3. The van der Waals surface area contributed by atoms with Gasteiger partial charge < -0.3 is 15.4 Å². The Morgan fingerprint density at radius 2 is 1.72 bits per heavy atom. The van der Waals surface area contributed by atoms with Gasteiger partial charge in [0.2, 0.25) is 0 Å². The highest BCUT2D eigenvalue weighted by Crippen LogP contribution is 2.36. The Morgan fingerprint density at radius 3 is 2.44 bits per heavy atom. The van der Waals surface area contributed by atoms with Crippen LogP contribution >= 0.6 is 0 Å². The molecule has 1 saturated heterocycles. The van der Waals surface area contributed by atoms with Gasteiger partial charge in [-0.1, -0.05) is 24.3 Å². The summed E-state index contributed by atoms with van der Waals surface area (Å²) in [5.41, 5.74) is 13.4. The van der Waals surface area contributed by atoms with E-state index in [2.05, 4.69) is 55.8 Å². The van der Waals surface area contributed by atoms with Crippen molar-refractivity contribution in [3.05, 3.63) is 90.8 Å². The van der Waals surface area contributed by atoms with E-state index in [-0.39, 0.29) is 11.9 Å². The fourth-order valence-corrected chi connectivity index (χ4v) is 6.75. The van der Waals surface area contributed by atoms with Gasteiger partial charge in [0.25, 0.3) is 0 Å². The van der Waals surface area contributed by atoms with Crippen molar-refractivity contribution in [3.8, 4) is 28.3 Å². The first-order chi connectivity index (χ1) is 21.1. The molecule has 2 N–H and O–H groups in total. The molecule has 0 amide bonds. The summed E-state index contributed by atoms with van der Waals surface area (Å²) in [7, 11) is 1.49. The van der Waals surface area contributed by atoms with Crippen molar-refractivity contribution >= 4 is 22.8 Å². The van der Waals surface area contributed by atoms with Gasteiger partial charge in [-0.15, -0.1) is 0 Å². The Kier molecular flexibility index (Phi) is 7.37. The van der Waals surface area contributed by atoms with E-state index in [4.69, 9.17) is 15.5 Å². The number of hydrogen-bond acceptors (Lipinski definition) is 7. The molecule has 1 saturated carbocycles. The molecule has 3 aromatic heterocycles. The van der Waals surface area contributed by atoms with Crippen molar-refractivity contribution in [2.45, 2.75) is 31.6 Å². The molecular weight excluding hydrogens is 536 g/mol. The lowest BCUT2D eigenvalue weighted by Gasteiger charge is -2.42. The SMILES string of the molecule is COC(=O)C1CCC(CN2CC(c3ccc(-n4c(-c5cccnc5N)nc5ccc(-c6ccccn6)cc54)cc3)C2)CC1. The van der Waals surface area contributed by atoms with Gasteiger partial charge in [-0.05, 0) is 85.7 Å². The Balaban J connectivity index is 1.12. The van der Waals surface area contributed by atoms with Crippen LogP contribution in [0.15, 0.2) is 85.2 Å². The van der Waals surface area contributed by atoms with E-state index in [0.717, 1.165) is 84.7 Å². The largest absolute Gasteiger partial charge is 0.469 e. The van der Waals surface area contributed by atoms with Crippen LogP contribution in [0, 0.1) is 11.8 Å². The van der Waals surface area contributed by atoms with Crippen LogP contribution in [0.3, 0.4) is 0 Å². The molecule has 8 heteroatoms. The first-order valence-corrected chi connectivity index (χ1v) is 15.1. The van der Waals surface area contributed by atoms with Crippen molar-refractivity contribution in [1.29, 1.82) is 0 Å². The minimum absolute atomic E-state index is 0.0423. The van der Waals surface area contributed by atoms with Crippen LogP contribution in [0.2, 0.25) is 0 Å². The lowest BCUT2D eigenvalue weighted by molar-refractivity contribution is -0.146. The van der Waals surface area contributed by atoms with Crippen molar-refractivity contribution in [2.24, 2.45) is 11.8 Å². The third kappa shape index (κ3) is 5.39. The van der Waals surface area contributed by atoms with Crippen LogP contribution < -0.4 is 5.73 Å². The van der Waals surface area contributed by atoms with Gasteiger partial charge in [0.1, 0.15) is 11.6 Å². The summed E-state index contributed by atoms with van der Waals surface area (Å²) in [6.45, 7) is 3.28. The number of pyridine rings is 2. The zero-order valence-electron chi connectivity index (χ0n) is 24.4. The molecule has 218 valence electrons. The van der Waals surface area contributed by atoms with Crippen LogP contribution in [0.1, 0.15) is 37.2 Å². The molecule has 2 fully saturated rings. The molecule has 7 rings (SSSR count). The molecule has 4 heterocycles. The van der Waals surface area contributed by atoms with E-state index in [1.165, 1.54) is 12.7 Å². The van der Waals surface area contributed by atoms with E-state index in [1.54, 1.807) is 6.20 Å². The maximum Gasteiger partial charge on any atom is 0.308 e. The van der Waals surface area contributed by atoms with Gasteiger partial charge in [0, 0.05) is 49.2 Å². The van der Waals surface area contributed by atoms with Gasteiger partial charge >= 0.3 is 5.97 Å². The van der Waals surface area contributed by atoms with Crippen LogP contribution in [0.5, 0.6) is 0 Å². The number of imidazole rings is 1. The molecule has 8 nitrogen and oxygen atoms in total. The third-order valence-electron chi connectivity index (χ3n) is 9.17. The number of nitrogens with two attached hydrogens (primary N) is 1. The third-order valence-corrected chi connectivity index (χ3v) is 9.17. The number of ether oxygens (including phenoxy) is 1. The molecule has 5 aromatic rings. The number of hydrogen-bond donors (Lipinski definition) is 1. The predicted molar refractivity (Wildman–Crippen MR) is 169 cm³/mol. The number of benzene rings is 2. The normalized spacial score (nSPS) is 19.3. The Bertz CT molecular complexity index is 1740. The fraction of sp³-hybridized carbons (Fsp3) is 0.314. The van der Waals surface area contributed by atoms with Crippen molar-refractivity contribution in [1.82, 2.24) is 24.4 Å². The lowest BCUT2D eigenvalue weighted by atomic mass is 9.80. The molecule has 0 bridgehead atoms. The summed E-state index contributed by atoms with van der Waals surface area (Å²) in [6.07, 6.45) is 7.65. The maximum atomic E-state index is 11.9. The molecule has 2 aromatic carbocycles. The first-order valence-electron chi connectivity index (χ1n) is 15.1. The Labute approximate surface area is 251 Å². The van der Waals surface area contributed by atoms with Gasteiger partial charge in [0.15, 0.2) is 0 Å². The number of esters is 1. The second-order valence-corrected chi connectivity index (χ2v) is 11.9. The smallest absolute Gasteiger partial charge is 0.308 e. The minimum atomic E-state index is -0.0423. The second-order valence-electron chi connectivity index (χ2n) is 11.9. The molecular formula is C35H36N6O2. The van der Waals surface area contributed by atoms with E-state index >= 15 is 0 Å². The summed E-state index contributed by atoms with van der Waals surface area (Å²) in [5.74, 6) is 2.47. The number of rotatable bonds is 7. The molecule has 2 aliphatic rings. The van der Waals surface area contributed by atoms with Crippen LogP contribution in [-0.4, -0.2) is 57.1 Å². The number of carbonyl (C=O) groups excluding carboxylic acids is 1. The highest BCUT2D eigenvalue weighted by atomic mass is 16.5. The Hall–Kier alpha value is -4.56. The monoisotopic (exact) mass is 572 g/mol. The molecule has 0 atom stereocenters. The van der Waals surface area contributed by atoms with Crippen molar-refractivity contribution in [2.75, 3.05) is 32.5 Å². The zero-order valence-corrected chi connectivity index (χ0v) is 24.4. The average molecular weight is 573 g/mol. The van der Waals surface area contributed by atoms with Crippen LogP contribution in [-0.2, 0) is 9.53 Å². The summed E-state index contributed by atoms with van der Waals surface area (Å²) >= 11 is 0. The number of nitrogens with zero attached hydrogens (tertiary/aromatic N) is 5. The average Bonchev–Trinajstić information content (AvgIpc) is 3.42. The Morgan fingerprint density at radius 1 is 0.930 bits per heavy atom. The summed E-state index contributed by atoms with van der Waals surface area (Å²) in [4.78, 5) is 28.3. The van der Waals surface area contributed by atoms with E-state index in [9.17, 15) is 4.79 Å². The van der Waals surface area contributed by atoms with E-state index in [0.29, 0.717) is 17.7 Å². The number of fused-ring (bicyclic) bond motifs is 1. The molecule has 43 heavy (non-hydrogen) atoms. The van der Waals surface area contributed by atoms with Gasteiger partial charge in [-0.25, -0.2) is 9.97 Å². The number of aromatic nitrogens is 4. The number of methoxy groups -OCH3 is 1. The number of likely N-dealkylation sites (tertiary alicyclic amines) is 1. The summed E-state index contributed by atoms with van der Waals surface area (Å²) in [6, 6.07) is 25.0. The van der Waals surface area contributed by atoms with Gasteiger partial charge in [0.05, 0.1) is 35.3 Å². The van der Waals surface area contributed by atoms with Crippen molar-refractivity contribution < 1.29 is 9.53 Å². The molecule has 0 radical (unpaired) electrons. The maximum absolute atomic E-state index is 11.9. The molecule has 1 aliphatic heterocycles. The minimum Gasteiger partial charge on any atom is -0.469 e. The molecule has 0 unspecified atom stereocenters.